The summed E-state index contributed by atoms with van der Waals surface area (Å²) in [6.07, 6.45) is 3.47. The Hall–Kier alpha value is -3.15. The smallest absolute Gasteiger partial charge is 0.254 e. The van der Waals surface area contributed by atoms with Gasteiger partial charge in [-0.15, -0.1) is 0 Å². The van der Waals surface area contributed by atoms with E-state index in [1.54, 1.807) is 6.33 Å². The Bertz CT molecular complexity index is 1360. The minimum Gasteiger partial charge on any atom is -0.345 e. The van der Waals surface area contributed by atoms with Crippen molar-refractivity contribution in [2.75, 3.05) is 6.54 Å². The van der Waals surface area contributed by atoms with Gasteiger partial charge in [-0.2, -0.15) is 0 Å². The van der Waals surface area contributed by atoms with Crippen LogP contribution < -0.4 is 0 Å². The lowest BCUT2D eigenvalue weighted by Crippen LogP contribution is -2.64. The van der Waals surface area contributed by atoms with Crippen LogP contribution in [0.3, 0.4) is 0 Å². The highest BCUT2D eigenvalue weighted by Gasteiger charge is 2.57. The van der Waals surface area contributed by atoms with Crippen LogP contribution in [0.25, 0.3) is 22.1 Å². The molecule has 0 saturated carbocycles. The first-order chi connectivity index (χ1) is 14.8. The normalized spacial score (nSPS) is 24.5. The first kappa shape index (κ1) is 18.6. The fraction of sp³-hybridized carbons (Fsp3) is 0.400. The first-order valence-corrected chi connectivity index (χ1v) is 11.0. The van der Waals surface area contributed by atoms with Crippen LogP contribution in [0.15, 0.2) is 36.7 Å². The van der Waals surface area contributed by atoms with E-state index in [9.17, 15) is 4.79 Å². The summed E-state index contributed by atoms with van der Waals surface area (Å²) in [6, 6.07) is 10.4. The van der Waals surface area contributed by atoms with Crippen molar-refractivity contribution in [1.82, 2.24) is 24.8 Å². The number of aromatic amines is 2. The number of carbonyl (C=O) groups excluding carboxylic acids is 1. The first-order valence-electron chi connectivity index (χ1n) is 11.0. The van der Waals surface area contributed by atoms with Crippen molar-refractivity contribution in [2.24, 2.45) is 5.41 Å². The fourth-order valence-electron chi connectivity index (χ4n) is 6.02. The van der Waals surface area contributed by atoms with E-state index in [4.69, 9.17) is 0 Å². The molecule has 0 spiro atoms. The van der Waals surface area contributed by atoms with Gasteiger partial charge in [-0.1, -0.05) is 20.8 Å². The van der Waals surface area contributed by atoms with Gasteiger partial charge in [0.15, 0.2) is 0 Å². The molecule has 2 aromatic carbocycles. The number of amides is 1. The Morgan fingerprint density at radius 1 is 1.13 bits per heavy atom. The molecule has 2 N–H and O–H groups in total. The zero-order valence-corrected chi connectivity index (χ0v) is 18.4. The van der Waals surface area contributed by atoms with E-state index in [0.717, 1.165) is 52.8 Å². The number of aromatic nitrogens is 4. The van der Waals surface area contributed by atoms with Crippen LogP contribution >= 0.6 is 0 Å². The molecule has 2 bridgehead atoms. The van der Waals surface area contributed by atoms with Gasteiger partial charge in [-0.3, -0.25) is 4.79 Å². The van der Waals surface area contributed by atoms with E-state index < -0.39 is 0 Å². The third kappa shape index (κ3) is 2.42. The Morgan fingerprint density at radius 2 is 1.97 bits per heavy atom. The van der Waals surface area contributed by atoms with Gasteiger partial charge in [0.2, 0.25) is 0 Å². The molecule has 1 amide bonds. The highest BCUT2D eigenvalue weighted by atomic mass is 16.2. The van der Waals surface area contributed by atoms with Crippen LogP contribution in [0.2, 0.25) is 0 Å². The molecule has 6 rings (SSSR count). The summed E-state index contributed by atoms with van der Waals surface area (Å²) >= 11 is 0. The second-order valence-corrected chi connectivity index (χ2v) is 10.0. The molecule has 1 aliphatic heterocycles. The summed E-state index contributed by atoms with van der Waals surface area (Å²) in [4.78, 5) is 31.2. The number of hydrogen-bond acceptors (Lipinski definition) is 3. The van der Waals surface area contributed by atoms with E-state index in [1.807, 2.05) is 25.1 Å². The van der Waals surface area contributed by atoms with Gasteiger partial charge < -0.3 is 14.9 Å². The number of nitrogens with one attached hydrogen (secondary N) is 2. The topological polar surface area (TPSA) is 77.7 Å². The average Bonchev–Trinajstić information content (AvgIpc) is 3.33. The Kier molecular flexibility index (Phi) is 3.58. The van der Waals surface area contributed by atoms with Gasteiger partial charge in [-0.25, -0.2) is 9.97 Å². The molecule has 0 unspecified atom stereocenters. The molecule has 31 heavy (non-hydrogen) atoms. The van der Waals surface area contributed by atoms with Gasteiger partial charge in [0.05, 0.1) is 28.4 Å². The summed E-state index contributed by atoms with van der Waals surface area (Å²) < 4.78 is 0. The predicted octanol–water partition coefficient (Wildman–Crippen LogP) is 4.50. The van der Waals surface area contributed by atoms with Crippen molar-refractivity contribution in [3.8, 4) is 0 Å². The van der Waals surface area contributed by atoms with Crippen LogP contribution in [-0.2, 0) is 11.8 Å². The van der Waals surface area contributed by atoms with Crippen LogP contribution in [0.4, 0.5) is 0 Å². The Labute approximate surface area is 181 Å². The number of nitrogens with zero attached hydrogens (tertiary/aromatic N) is 3. The van der Waals surface area contributed by atoms with Crippen LogP contribution in [0, 0.1) is 12.3 Å². The molecule has 158 valence electrons. The molecule has 2 atom stereocenters. The highest BCUT2D eigenvalue weighted by Crippen LogP contribution is 2.56. The van der Waals surface area contributed by atoms with Crippen LogP contribution in [0.1, 0.15) is 54.5 Å². The van der Waals surface area contributed by atoms with Crippen LogP contribution in [-0.4, -0.2) is 43.3 Å². The lowest BCUT2D eigenvalue weighted by molar-refractivity contribution is -0.0261. The molecule has 2 aliphatic rings. The molecule has 1 saturated heterocycles. The minimum absolute atomic E-state index is 0.00254. The lowest BCUT2D eigenvalue weighted by Gasteiger charge is -2.60. The van der Waals surface area contributed by atoms with E-state index >= 15 is 0 Å². The van der Waals surface area contributed by atoms with E-state index in [2.05, 4.69) is 57.7 Å². The second-order valence-electron chi connectivity index (χ2n) is 10.0. The summed E-state index contributed by atoms with van der Waals surface area (Å²) in [5.41, 5.74) is 7.32. The number of fused-ring (bicyclic) bond motifs is 6. The number of benzene rings is 2. The number of carbonyl (C=O) groups is 1. The molecular weight excluding hydrogens is 386 g/mol. The molecule has 1 fully saturated rings. The number of hydrogen-bond donors (Lipinski definition) is 2. The summed E-state index contributed by atoms with van der Waals surface area (Å²) in [5.74, 6) is 1.05. The predicted molar refractivity (Wildman–Crippen MR) is 121 cm³/mol. The maximum Gasteiger partial charge on any atom is 0.254 e. The van der Waals surface area contributed by atoms with E-state index in [0.29, 0.717) is 0 Å². The van der Waals surface area contributed by atoms with Crippen molar-refractivity contribution >= 4 is 28.0 Å². The molecule has 6 heteroatoms. The van der Waals surface area contributed by atoms with Gasteiger partial charge in [0.1, 0.15) is 5.82 Å². The number of piperidine rings is 1. The van der Waals surface area contributed by atoms with Gasteiger partial charge in [-0.05, 0) is 66.6 Å². The summed E-state index contributed by atoms with van der Waals surface area (Å²) in [6.45, 7) is 9.82. The molecule has 1 aliphatic carbocycles. The monoisotopic (exact) mass is 413 g/mol. The molecule has 6 nitrogen and oxygen atoms in total. The van der Waals surface area contributed by atoms with Crippen molar-refractivity contribution < 1.29 is 4.79 Å². The zero-order valence-electron chi connectivity index (χ0n) is 18.4. The molecule has 4 aromatic rings. The SMILES string of the molecule is Cc1nc2cc3c(cc2[nH]1)[C@]1(C)CCN(C(=O)c2ccc4nc[nH]c4c2)[C@H](C3)C1(C)C. The van der Waals surface area contributed by atoms with Gasteiger partial charge in [0, 0.05) is 23.6 Å². The van der Waals surface area contributed by atoms with Crippen molar-refractivity contribution in [1.29, 1.82) is 0 Å². The third-order valence-corrected chi connectivity index (χ3v) is 8.25. The summed E-state index contributed by atoms with van der Waals surface area (Å²) in [5, 5.41) is 0. The minimum atomic E-state index is -0.0469. The van der Waals surface area contributed by atoms with E-state index in [-0.39, 0.29) is 22.8 Å². The molecule has 0 radical (unpaired) electrons. The summed E-state index contributed by atoms with van der Waals surface area (Å²) in [7, 11) is 0. The van der Waals surface area contributed by atoms with Crippen molar-refractivity contribution in [3.05, 3.63) is 59.2 Å². The van der Waals surface area contributed by atoms with Crippen LogP contribution in [0.5, 0.6) is 0 Å². The average molecular weight is 414 g/mol. The van der Waals surface area contributed by atoms with Gasteiger partial charge in [0.25, 0.3) is 5.91 Å². The number of rotatable bonds is 1. The number of aryl methyl sites for hydroxylation is 1. The highest BCUT2D eigenvalue weighted by molar-refractivity contribution is 5.97. The fourth-order valence-corrected chi connectivity index (χ4v) is 6.02. The molecule has 3 heterocycles. The van der Waals surface area contributed by atoms with Gasteiger partial charge >= 0.3 is 0 Å². The molecule has 2 aromatic heterocycles. The third-order valence-electron chi connectivity index (χ3n) is 8.25. The maximum absolute atomic E-state index is 13.7. The lowest BCUT2D eigenvalue weighted by atomic mass is 9.51. The number of likely N-dealkylation sites (tertiary alicyclic amines) is 1. The zero-order chi connectivity index (χ0) is 21.5. The second kappa shape index (κ2) is 5.96. The largest absolute Gasteiger partial charge is 0.345 e. The van der Waals surface area contributed by atoms with Crippen molar-refractivity contribution in [3.63, 3.8) is 0 Å². The quantitative estimate of drug-likeness (QED) is 0.482. The Morgan fingerprint density at radius 3 is 2.81 bits per heavy atom. The Balaban J connectivity index is 1.45. The number of imidazole rings is 2. The standard InChI is InChI=1S/C25H27N5O/c1-14-28-20-10-16-11-22-24(2,3)25(4,17(16)12-21(20)29-14)7-8-30(22)23(31)15-5-6-18-19(9-15)27-13-26-18/h5-6,9-10,12-13,22H,7-8,11H2,1-4H3,(H,26,27)(H,28,29)/t22-,25+/m1/s1. The molecular formula is C25H27N5O. The maximum atomic E-state index is 13.7. The van der Waals surface area contributed by atoms with E-state index in [1.165, 1.54) is 11.1 Å². The van der Waals surface area contributed by atoms with Crippen molar-refractivity contribution in [2.45, 2.75) is 52.0 Å². The number of H-pyrrole nitrogens is 2.